The van der Waals surface area contributed by atoms with Gasteiger partial charge in [-0.3, -0.25) is 4.55 Å². The van der Waals surface area contributed by atoms with Gasteiger partial charge in [-0.2, -0.15) is 13.1 Å². The molecule has 1 aliphatic heterocycles. The Morgan fingerprint density at radius 2 is 2.05 bits per heavy atom. The van der Waals surface area contributed by atoms with Crippen molar-refractivity contribution in [2.24, 2.45) is 5.92 Å². The van der Waals surface area contributed by atoms with Crippen molar-refractivity contribution in [1.82, 2.24) is 9.62 Å². The van der Waals surface area contributed by atoms with E-state index in [1.54, 1.807) is 4.72 Å². The molecule has 3 N–H and O–H groups in total. The zero-order valence-electron chi connectivity index (χ0n) is 11.3. The van der Waals surface area contributed by atoms with Crippen LogP contribution in [0.25, 0.3) is 0 Å². The Labute approximate surface area is 114 Å². The fourth-order valence-electron chi connectivity index (χ4n) is 1.96. The summed E-state index contributed by atoms with van der Waals surface area (Å²) in [5.74, 6) is 0.797. The highest BCUT2D eigenvalue weighted by atomic mass is 32.2. The Kier molecular flexibility index (Phi) is 7.19. The van der Waals surface area contributed by atoms with Gasteiger partial charge in [-0.05, 0) is 31.8 Å². The zero-order valence-corrected chi connectivity index (χ0v) is 12.1. The van der Waals surface area contributed by atoms with Crippen molar-refractivity contribution in [3.8, 4) is 0 Å². The topological polar surface area (TPSA) is 99.1 Å². The van der Waals surface area contributed by atoms with E-state index >= 15 is 0 Å². The molecule has 0 radical (unpaired) electrons. The normalized spacial score (nSPS) is 20.6. The number of ether oxygens (including phenoxy) is 1. The number of piperidine rings is 1. The Bertz CT molecular complexity index is 341. The van der Waals surface area contributed by atoms with Gasteiger partial charge in [0.05, 0.1) is 19.3 Å². The molecule has 114 valence electrons. The molecule has 7 nitrogen and oxygen atoms in total. The Hall–Kier alpha value is -0.250. The maximum absolute atomic E-state index is 10.4. The largest absolute Gasteiger partial charge is 0.389 e. The van der Waals surface area contributed by atoms with Crippen LogP contribution in [0.15, 0.2) is 0 Å². The fourth-order valence-corrected chi connectivity index (χ4v) is 2.36. The SMILES string of the molecule is CC1CCN(CCOCC(O)CNS(=O)(=O)O)CC1. The summed E-state index contributed by atoms with van der Waals surface area (Å²) < 4.78 is 36.3. The molecule has 0 aromatic carbocycles. The molecule has 1 unspecified atom stereocenters. The maximum atomic E-state index is 10.4. The van der Waals surface area contributed by atoms with Crippen LogP contribution in [0, 0.1) is 5.92 Å². The van der Waals surface area contributed by atoms with Crippen molar-refractivity contribution < 1.29 is 22.8 Å². The molecule has 1 rings (SSSR count). The van der Waals surface area contributed by atoms with Gasteiger partial charge in [-0.1, -0.05) is 6.92 Å². The summed E-state index contributed by atoms with van der Waals surface area (Å²) in [7, 11) is -4.25. The molecule has 0 spiro atoms. The third-order valence-corrected chi connectivity index (χ3v) is 3.77. The van der Waals surface area contributed by atoms with Crippen molar-refractivity contribution >= 4 is 10.3 Å². The molecular formula is C11H24N2O5S. The van der Waals surface area contributed by atoms with Crippen molar-refractivity contribution in [1.29, 1.82) is 0 Å². The van der Waals surface area contributed by atoms with Gasteiger partial charge in [0.15, 0.2) is 0 Å². The van der Waals surface area contributed by atoms with Crippen LogP contribution in [0.1, 0.15) is 19.8 Å². The van der Waals surface area contributed by atoms with Gasteiger partial charge in [-0.15, -0.1) is 0 Å². The first-order valence-electron chi connectivity index (χ1n) is 6.57. The van der Waals surface area contributed by atoms with Crippen LogP contribution in [0.5, 0.6) is 0 Å². The minimum Gasteiger partial charge on any atom is -0.389 e. The molecule has 1 heterocycles. The van der Waals surface area contributed by atoms with Crippen molar-refractivity contribution in [2.45, 2.75) is 25.9 Å². The van der Waals surface area contributed by atoms with E-state index in [-0.39, 0.29) is 13.2 Å². The highest BCUT2D eigenvalue weighted by molar-refractivity contribution is 7.83. The molecule has 0 aliphatic carbocycles. The van der Waals surface area contributed by atoms with Crippen LogP contribution < -0.4 is 4.72 Å². The van der Waals surface area contributed by atoms with E-state index in [0.717, 1.165) is 25.6 Å². The smallest absolute Gasteiger partial charge is 0.333 e. The minimum absolute atomic E-state index is 0.0484. The van der Waals surface area contributed by atoms with E-state index in [4.69, 9.17) is 9.29 Å². The molecule has 1 fully saturated rings. The molecular weight excluding hydrogens is 272 g/mol. The number of likely N-dealkylation sites (tertiary alicyclic amines) is 1. The molecule has 1 saturated heterocycles. The summed E-state index contributed by atoms with van der Waals surface area (Å²) in [5.41, 5.74) is 0. The number of aliphatic hydroxyl groups excluding tert-OH is 1. The van der Waals surface area contributed by atoms with E-state index in [2.05, 4.69) is 11.8 Å². The lowest BCUT2D eigenvalue weighted by molar-refractivity contribution is 0.0259. The molecule has 1 aliphatic rings. The second kappa shape index (κ2) is 8.13. The van der Waals surface area contributed by atoms with Gasteiger partial charge in [-0.25, -0.2) is 0 Å². The third-order valence-electron chi connectivity index (χ3n) is 3.24. The monoisotopic (exact) mass is 296 g/mol. The van der Waals surface area contributed by atoms with E-state index in [0.29, 0.717) is 6.61 Å². The number of aliphatic hydroxyl groups is 1. The Balaban J connectivity index is 2.01. The fraction of sp³-hybridized carbons (Fsp3) is 1.00. The number of hydrogen-bond acceptors (Lipinski definition) is 5. The molecule has 8 heteroatoms. The lowest BCUT2D eigenvalue weighted by Crippen LogP contribution is -2.37. The summed E-state index contributed by atoms with van der Waals surface area (Å²) in [6.07, 6.45) is 1.46. The quantitative estimate of drug-likeness (QED) is 0.412. The van der Waals surface area contributed by atoms with Gasteiger partial charge in [0, 0.05) is 13.1 Å². The molecule has 1 atom stereocenters. The summed E-state index contributed by atoms with van der Waals surface area (Å²) in [4.78, 5) is 2.32. The lowest BCUT2D eigenvalue weighted by Gasteiger charge is -2.30. The first kappa shape index (κ1) is 16.8. The summed E-state index contributed by atoms with van der Waals surface area (Å²) >= 11 is 0. The van der Waals surface area contributed by atoms with Crippen LogP contribution in [0.4, 0.5) is 0 Å². The van der Waals surface area contributed by atoms with Crippen LogP contribution >= 0.6 is 0 Å². The maximum Gasteiger partial charge on any atom is 0.333 e. The number of hydrogen-bond donors (Lipinski definition) is 3. The Morgan fingerprint density at radius 3 is 2.63 bits per heavy atom. The van der Waals surface area contributed by atoms with Crippen LogP contribution in [-0.2, 0) is 15.0 Å². The van der Waals surface area contributed by atoms with Gasteiger partial charge in [0.1, 0.15) is 0 Å². The molecule has 0 saturated carbocycles. The van der Waals surface area contributed by atoms with E-state index in [1.165, 1.54) is 12.8 Å². The van der Waals surface area contributed by atoms with Crippen molar-refractivity contribution in [3.63, 3.8) is 0 Å². The third kappa shape index (κ3) is 8.51. The van der Waals surface area contributed by atoms with Gasteiger partial charge >= 0.3 is 10.3 Å². The highest BCUT2D eigenvalue weighted by Gasteiger charge is 2.15. The molecule has 0 aromatic rings. The van der Waals surface area contributed by atoms with Crippen molar-refractivity contribution in [2.75, 3.05) is 39.4 Å². The Morgan fingerprint density at radius 1 is 1.42 bits per heavy atom. The standard InChI is InChI=1S/C11H24N2O5S/c1-10-2-4-13(5-3-10)6-7-18-9-11(14)8-12-19(15,16)17/h10-12,14H,2-9H2,1H3,(H,15,16,17). The lowest BCUT2D eigenvalue weighted by atomic mass is 9.99. The number of nitrogens with zero attached hydrogens (tertiary/aromatic N) is 1. The average molecular weight is 296 g/mol. The van der Waals surface area contributed by atoms with Crippen LogP contribution in [0.2, 0.25) is 0 Å². The van der Waals surface area contributed by atoms with Gasteiger partial charge in [0.2, 0.25) is 0 Å². The summed E-state index contributed by atoms with van der Waals surface area (Å²) in [5, 5.41) is 9.41. The highest BCUT2D eigenvalue weighted by Crippen LogP contribution is 2.15. The second-order valence-corrected chi connectivity index (χ2v) is 6.32. The van der Waals surface area contributed by atoms with Gasteiger partial charge < -0.3 is 14.7 Å². The molecule has 19 heavy (non-hydrogen) atoms. The molecule has 0 amide bonds. The predicted octanol–water partition coefficient (Wildman–Crippen LogP) is -0.512. The molecule has 0 aromatic heterocycles. The first-order chi connectivity index (χ1) is 8.87. The van der Waals surface area contributed by atoms with Crippen LogP contribution in [0.3, 0.4) is 0 Å². The second-order valence-electron chi connectivity index (χ2n) is 5.08. The number of rotatable bonds is 8. The minimum atomic E-state index is -4.25. The zero-order chi connectivity index (χ0) is 14.3. The van der Waals surface area contributed by atoms with E-state index < -0.39 is 16.4 Å². The number of nitrogens with one attached hydrogen (secondary N) is 1. The van der Waals surface area contributed by atoms with Crippen LogP contribution in [-0.4, -0.2) is 68.5 Å². The summed E-state index contributed by atoms with van der Waals surface area (Å²) in [6.45, 7) is 5.55. The average Bonchev–Trinajstić information content (AvgIpc) is 2.33. The molecule has 0 bridgehead atoms. The predicted molar refractivity (Wildman–Crippen MR) is 71.2 cm³/mol. The van der Waals surface area contributed by atoms with Gasteiger partial charge in [0.25, 0.3) is 0 Å². The first-order valence-corrected chi connectivity index (χ1v) is 8.01. The van der Waals surface area contributed by atoms with Crippen molar-refractivity contribution in [3.05, 3.63) is 0 Å². The summed E-state index contributed by atoms with van der Waals surface area (Å²) in [6, 6.07) is 0. The van der Waals surface area contributed by atoms with E-state index in [1.807, 2.05) is 0 Å². The van der Waals surface area contributed by atoms with E-state index in [9.17, 15) is 13.5 Å².